The first-order valence-electron chi connectivity index (χ1n) is 4.83. The number of ether oxygens (including phenoxy) is 1. The smallest absolute Gasteiger partial charge is 0.309 e. The van der Waals surface area contributed by atoms with Gasteiger partial charge >= 0.3 is 5.97 Å². The lowest BCUT2D eigenvalue weighted by Crippen LogP contribution is -2.06. The molecule has 0 rings (SSSR count). The molecule has 0 aliphatic heterocycles. The fourth-order valence-electron chi connectivity index (χ4n) is 1.20. The van der Waals surface area contributed by atoms with Crippen molar-refractivity contribution in [2.24, 2.45) is 5.92 Å². The van der Waals surface area contributed by atoms with Gasteiger partial charge in [-0.05, 0) is 24.8 Å². The van der Waals surface area contributed by atoms with Crippen molar-refractivity contribution in [1.29, 1.82) is 5.26 Å². The Kier molecular flexibility index (Phi) is 6.47. The third-order valence-electron chi connectivity index (χ3n) is 1.62. The van der Waals surface area contributed by atoms with E-state index in [0.717, 1.165) is 12.0 Å². The summed E-state index contributed by atoms with van der Waals surface area (Å²) in [6.07, 6.45) is 2.45. The SMILES string of the molecule is CCOC(=O)C/C(=C/C#N)CC(C)C. The highest BCUT2D eigenvalue weighted by Gasteiger charge is 2.08. The Morgan fingerprint density at radius 1 is 1.57 bits per heavy atom. The molecule has 14 heavy (non-hydrogen) atoms. The van der Waals surface area contributed by atoms with Crippen molar-refractivity contribution in [2.75, 3.05) is 6.61 Å². The molecule has 0 saturated carbocycles. The van der Waals surface area contributed by atoms with E-state index in [-0.39, 0.29) is 12.4 Å². The molecule has 0 spiro atoms. The van der Waals surface area contributed by atoms with Gasteiger partial charge in [-0.15, -0.1) is 0 Å². The lowest BCUT2D eigenvalue weighted by molar-refractivity contribution is -0.142. The zero-order valence-electron chi connectivity index (χ0n) is 9.04. The van der Waals surface area contributed by atoms with Crippen LogP contribution < -0.4 is 0 Å². The number of hydrogen-bond acceptors (Lipinski definition) is 3. The van der Waals surface area contributed by atoms with Crippen LogP contribution in [0.2, 0.25) is 0 Å². The second-order valence-corrected chi connectivity index (χ2v) is 3.51. The van der Waals surface area contributed by atoms with Crippen molar-refractivity contribution < 1.29 is 9.53 Å². The third-order valence-corrected chi connectivity index (χ3v) is 1.62. The minimum absolute atomic E-state index is 0.236. The van der Waals surface area contributed by atoms with Gasteiger partial charge in [0, 0.05) is 6.08 Å². The minimum atomic E-state index is -0.255. The number of carbonyl (C=O) groups is 1. The Bertz CT molecular complexity index is 249. The summed E-state index contributed by atoms with van der Waals surface area (Å²) in [5.41, 5.74) is 0.848. The molecular weight excluding hydrogens is 178 g/mol. The summed E-state index contributed by atoms with van der Waals surface area (Å²) < 4.78 is 4.81. The standard InChI is InChI=1S/C11H17NO2/c1-4-14-11(13)8-10(5-6-12)7-9(2)3/h5,9H,4,7-8H2,1-3H3/b10-5+. The van der Waals surface area contributed by atoms with Crippen LogP contribution >= 0.6 is 0 Å². The predicted octanol–water partition coefficient (Wildman–Crippen LogP) is 2.44. The molecule has 0 aromatic carbocycles. The van der Waals surface area contributed by atoms with Gasteiger partial charge in [0.2, 0.25) is 0 Å². The maximum atomic E-state index is 11.1. The van der Waals surface area contributed by atoms with Crippen molar-refractivity contribution in [1.82, 2.24) is 0 Å². The molecule has 0 aliphatic carbocycles. The van der Waals surface area contributed by atoms with Gasteiger partial charge in [-0.25, -0.2) is 0 Å². The fraction of sp³-hybridized carbons (Fsp3) is 0.636. The van der Waals surface area contributed by atoms with E-state index >= 15 is 0 Å². The average Bonchev–Trinajstić information content (AvgIpc) is 2.03. The molecule has 0 radical (unpaired) electrons. The van der Waals surface area contributed by atoms with Gasteiger partial charge in [0.05, 0.1) is 19.1 Å². The first-order chi connectivity index (χ1) is 6.60. The molecule has 3 nitrogen and oxygen atoms in total. The summed E-state index contributed by atoms with van der Waals surface area (Å²) in [5, 5.41) is 8.51. The monoisotopic (exact) mass is 195 g/mol. The Morgan fingerprint density at radius 3 is 2.64 bits per heavy atom. The van der Waals surface area contributed by atoms with E-state index in [1.54, 1.807) is 6.92 Å². The van der Waals surface area contributed by atoms with Crippen LogP contribution in [-0.2, 0) is 9.53 Å². The van der Waals surface area contributed by atoms with Crippen molar-refractivity contribution >= 4 is 5.97 Å². The molecule has 0 heterocycles. The third kappa shape index (κ3) is 6.24. The number of nitriles is 1. The first-order valence-corrected chi connectivity index (χ1v) is 4.83. The molecular formula is C11H17NO2. The molecule has 0 N–H and O–H groups in total. The summed E-state index contributed by atoms with van der Waals surface area (Å²) in [6, 6.07) is 1.95. The van der Waals surface area contributed by atoms with E-state index in [4.69, 9.17) is 10.00 Å². The normalized spacial score (nSPS) is 11.2. The second-order valence-electron chi connectivity index (χ2n) is 3.51. The van der Waals surface area contributed by atoms with Crippen LogP contribution in [0.3, 0.4) is 0 Å². The number of nitrogens with zero attached hydrogens (tertiary/aromatic N) is 1. The van der Waals surface area contributed by atoms with Crippen LogP contribution in [0, 0.1) is 17.2 Å². The predicted molar refractivity (Wildman–Crippen MR) is 54.4 cm³/mol. The molecule has 78 valence electrons. The van der Waals surface area contributed by atoms with E-state index in [0.29, 0.717) is 12.5 Å². The number of carbonyl (C=O) groups excluding carboxylic acids is 1. The van der Waals surface area contributed by atoms with Crippen LogP contribution in [0.15, 0.2) is 11.6 Å². The zero-order valence-corrected chi connectivity index (χ0v) is 9.04. The summed E-state index contributed by atoms with van der Waals surface area (Å²) in [4.78, 5) is 11.1. The van der Waals surface area contributed by atoms with Crippen LogP contribution in [0.4, 0.5) is 0 Å². The largest absolute Gasteiger partial charge is 0.466 e. The van der Waals surface area contributed by atoms with Crippen molar-refractivity contribution in [3.63, 3.8) is 0 Å². The molecule has 3 heteroatoms. The molecule has 0 amide bonds. The highest BCUT2D eigenvalue weighted by atomic mass is 16.5. The highest BCUT2D eigenvalue weighted by molar-refractivity contribution is 5.72. The summed E-state index contributed by atoms with van der Waals surface area (Å²) in [6.45, 7) is 6.26. The number of rotatable bonds is 5. The van der Waals surface area contributed by atoms with Gasteiger partial charge in [0.25, 0.3) is 0 Å². The Hall–Kier alpha value is -1.30. The average molecular weight is 195 g/mol. The van der Waals surface area contributed by atoms with Crippen molar-refractivity contribution in [2.45, 2.75) is 33.6 Å². The number of allylic oxidation sites excluding steroid dienone is 1. The maximum absolute atomic E-state index is 11.1. The molecule has 0 aromatic rings. The topological polar surface area (TPSA) is 50.1 Å². The minimum Gasteiger partial charge on any atom is -0.466 e. The second kappa shape index (κ2) is 7.14. The van der Waals surface area contributed by atoms with Gasteiger partial charge in [-0.1, -0.05) is 13.8 Å². The summed E-state index contributed by atoms with van der Waals surface area (Å²) in [7, 11) is 0. The van der Waals surface area contributed by atoms with E-state index in [9.17, 15) is 4.79 Å². The van der Waals surface area contributed by atoms with Crippen LogP contribution in [0.25, 0.3) is 0 Å². The van der Waals surface area contributed by atoms with Gasteiger partial charge in [0.1, 0.15) is 0 Å². The summed E-state index contributed by atoms with van der Waals surface area (Å²) in [5.74, 6) is 0.193. The first kappa shape index (κ1) is 12.7. The zero-order chi connectivity index (χ0) is 11.0. The summed E-state index contributed by atoms with van der Waals surface area (Å²) >= 11 is 0. The van der Waals surface area contributed by atoms with Gasteiger partial charge in [0.15, 0.2) is 0 Å². The molecule has 0 aromatic heterocycles. The molecule has 0 aliphatic rings. The lowest BCUT2D eigenvalue weighted by atomic mass is 10.0. The molecule has 0 fully saturated rings. The van der Waals surface area contributed by atoms with Crippen LogP contribution in [0.5, 0.6) is 0 Å². The Balaban J connectivity index is 4.18. The van der Waals surface area contributed by atoms with Gasteiger partial charge < -0.3 is 4.74 Å². The molecule has 0 unspecified atom stereocenters. The lowest BCUT2D eigenvalue weighted by Gasteiger charge is -2.08. The van der Waals surface area contributed by atoms with Crippen molar-refractivity contribution in [3.05, 3.63) is 11.6 Å². The maximum Gasteiger partial charge on any atom is 0.309 e. The van der Waals surface area contributed by atoms with E-state index in [1.165, 1.54) is 6.08 Å². The molecule has 0 bridgehead atoms. The van der Waals surface area contributed by atoms with E-state index in [1.807, 2.05) is 6.07 Å². The Labute approximate surface area is 85.4 Å². The van der Waals surface area contributed by atoms with Crippen LogP contribution in [0.1, 0.15) is 33.6 Å². The highest BCUT2D eigenvalue weighted by Crippen LogP contribution is 2.14. The van der Waals surface area contributed by atoms with Gasteiger partial charge in [-0.3, -0.25) is 4.79 Å². The van der Waals surface area contributed by atoms with Crippen LogP contribution in [-0.4, -0.2) is 12.6 Å². The number of hydrogen-bond donors (Lipinski definition) is 0. The van der Waals surface area contributed by atoms with E-state index < -0.39 is 0 Å². The van der Waals surface area contributed by atoms with Crippen molar-refractivity contribution in [3.8, 4) is 6.07 Å². The Morgan fingerprint density at radius 2 is 2.21 bits per heavy atom. The molecule has 0 atom stereocenters. The number of esters is 1. The van der Waals surface area contributed by atoms with E-state index in [2.05, 4.69) is 13.8 Å². The quantitative estimate of drug-likeness (QED) is 0.500. The molecule has 0 saturated heterocycles. The fourth-order valence-corrected chi connectivity index (χ4v) is 1.20. The van der Waals surface area contributed by atoms with Gasteiger partial charge in [-0.2, -0.15) is 5.26 Å².